The molecule has 0 spiro atoms. The number of benzene rings is 3. The summed E-state index contributed by atoms with van der Waals surface area (Å²) in [6.45, 7) is 0.666. The predicted octanol–water partition coefficient (Wildman–Crippen LogP) is 2.47. The van der Waals surface area contributed by atoms with Gasteiger partial charge in [-0.3, -0.25) is 24.1 Å². The Morgan fingerprint density at radius 2 is 1.45 bits per heavy atom. The molecule has 3 aromatic carbocycles. The van der Waals surface area contributed by atoms with Gasteiger partial charge in [-0.25, -0.2) is 9.59 Å². The van der Waals surface area contributed by atoms with E-state index < -0.39 is 66.3 Å². The SMILES string of the molecule is CC1(c2ccc(O)cc2)C(=O)N(CC(=O)N[C@@H](CC(=O)O)C(=O)N[C@H](C(=O)O)c2ccccc2)C(=O)N1Cc1ccccc1.[HH].[HH]. The van der Waals surface area contributed by atoms with Gasteiger partial charge in [-0.2, -0.15) is 0 Å². The molecule has 1 aliphatic rings. The van der Waals surface area contributed by atoms with Gasteiger partial charge in [-0.15, -0.1) is 0 Å². The average Bonchev–Trinajstić information content (AvgIpc) is 3.17. The Morgan fingerprint density at radius 1 is 0.864 bits per heavy atom. The first kappa shape index (κ1) is 31.2. The largest absolute Gasteiger partial charge is 0.508 e. The molecule has 0 saturated carbocycles. The number of amides is 5. The van der Waals surface area contributed by atoms with Crippen LogP contribution in [0.3, 0.4) is 0 Å². The van der Waals surface area contributed by atoms with Crippen molar-refractivity contribution in [3.8, 4) is 5.75 Å². The minimum absolute atomic E-state index is 0. The first-order valence-electron chi connectivity index (χ1n) is 13.5. The van der Waals surface area contributed by atoms with Crippen molar-refractivity contribution in [2.75, 3.05) is 6.54 Å². The molecular formula is C31H34N4O9. The van der Waals surface area contributed by atoms with Gasteiger partial charge in [0.15, 0.2) is 6.04 Å². The minimum atomic E-state index is -1.72. The second-order valence-corrected chi connectivity index (χ2v) is 10.3. The fourth-order valence-electron chi connectivity index (χ4n) is 4.94. The van der Waals surface area contributed by atoms with Crippen LogP contribution in [0.15, 0.2) is 84.9 Å². The molecule has 3 aromatic rings. The van der Waals surface area contributed by atoms with Gasteiger partial charge in [0.05, 0.1) is 6.42 Å². The molecule has 5 amide bonds. The number of rotatable bonds is 12. The lowest BCUT2D eigenvalue weighted by molar-refractivity contribution is -0.144. The molecule has 3 atom stereocenters. The first-order chi connectivity index (χ1) is 20.9. The highest BCUT2D eigenvalue weighted by atomic mass is 16.4. The highest BCUT2D eigenvalue weighted by molar-refractivity contribution is 6.09. The van der Waals surface area contributed by atoms with Crippen LogP contribution in [-0.2, 0) is 36.1 Å². The topological polar surface area (TPSA) is 194 Å². The molecule has 0 radical (unpaired) electrons. The summed E-state index contributed by atoms with van der Waals surface area (Å²) >= 11 is 0. The van der Waals surface area contributed by atoms with E-state index in [0.717, 1.165) is 0 Å². The van der Waals surface area contributed by atoms with Crippen molar-refractivity contribution in [1.82, 2.24) is 20.4 Å². The van der Waals surface area contributed by atoms with Crippen LogP contribution in [0.2, 0.25) is 0 Å². The van der Waals surface area contributed by atoms with Crippen molar-refractivity contribution < 1.29 is 46.9 Å². The number of phenols is 1. The minimum Gasteiger partial charge on any atom is -0.508 e. The molecule has 0 aromatic heterocycles. The Balaban J connectivity index is 0.00000368. The molecular weight excluding hydrogens is 572 g/mol. The fourth-order valence-corrected chi connectivity index (χ4v) is 4.94. The molecule has 5 N–H and O–H groups in total. The van der Waals surface area contributed by atoms with Gasteiger partial charge < -0.3 is 30.9 Å². The van der Waals surface area contributed by atoms with E-state index in [-0.39, 0.29) is 20.7 Å². The Morgan fingerprint density at radius 3 is 2.02 bits per heavy atom. The molecule has 1 aliphatic heterocycles. The number of imide groups is 1. The summed E-state index contributed by atoms with van der Waals surface area (Å²) in [6.07, 6.45) is -0.897. The number of carbonyl (C=O) groups is 6. The maximum Gasteiger partial charge on any atom is 0.330 e. The second kappa shape index (κ2) is 13.1. The zero-order valence-corrected chi connectivity index (χ0v) is 23.5. The van der Waals surface area contributed by atoms with E-state index in [1.165, 1.54) is 48.2 Å². The van der Waals surface area contributed by atoms with Crippen LogP contribution < -0.4 is 10.6 Å². The lowest BCUT2D eigenvalue weighted by Gasteiger charge is -2.32. The Kier molecular flexibility index (Phi) is 9.27. The highest BCUT2D eigenvalue weighted by Gasteiger charge is 2.55. The quantitative estimate of drug-likeness (QED) is 0.193. The smallest absolute Gasteiger partial charge is 0.330 e. The zero-order chi connectivity index (χ0) is 32.0. The highest BCUT2D eigenvalue weighted by Crippen LogP contribution is 2.39. The molecule has 13 nitrogen and oxygen atoms in total. The molecule has 44 heavy (non-hydrogen) atoms. The second-order valence-electron chi connectivity index (χ2n) is 10.3. The third-order valence-corrected chi connectivity index (χ3v) is 7.27. The zero-order valence-electron chi connectivity index (χ0n) is 23.5. The predicted molar refractivity (Wildman–Crippen MR) is 158 cm³/mol. The van der Waals surface area contributed by atoms with E-state index in [1.807, 2.05) is 0 Å². The van der Waals surface area contributed by atoms with Crippen molar-refractivity contribution >= 4 is 35.7 Å². The molecule has 0 bridgehead atoms. The number of nitrogens with zero attached hydrogens (tertiary/aromatic N) is 2. The number of carboxylic acids is 2. The van der Waals surface area contributed by atoms with Gasteiger partial charge in [0.1, 0.15) is 23.9 Å². The van der Waals surface area contributed by atoms with Crippen LogP contribution >= 0.6 is 0 Å². The normalized spacial score (nSPS) is 17.6. The van der Waals surface area contributed by atoms with E-state index in [1.54, 1.807) is 48.5 Å². The molecule has 1 fully saturated rings. The third-order valence-electron chi connectivity index (χ3n) is 7.27. The Bertz CT molecular complexity index is 1580. The summed E-state index contributed by atoms with van der Waals surface area (Å²) in [4.78, 5) is 79.0. The molecule has 0 aliphatic carbocycles. The van der Waals surface area contributed by atoms with Gasteiger partial charge in [0.2, 0.25) is 11.8 Å². The average molecular weight is 607 g/mol. The van der Waals surface area contributed by atoms with Gasteiger partial charge in [0.25, 0.3) is 5.91 Å². The van der Waals surface area contributed by atoms with Crippen LogP contribution in [-0.4, -0.2) is 73.4 Å². The van der Waals surface area contributed by atoms with Crippen molar-refractivity contribution in [3.05, 3.63) is 102 Å². The lowest BCUT2D eigenvalue weighted by Crippen LogP contribution is -2.52. The fraction of sp³-hybridized carbons (Fsp3) is 0.226. The van der Waals surface area contributed by atoms with Crippen LogP contribution in [0.5, 0.6) is 5.75 Å². The van der Waals surface area contributed by atoms with E-state index >= 15 is 0 Å². The number of hydrogen-bond acceptors (Lipinski definition) is 7. The summed E-state index contributed by atoms with van der Waals surface area (Å²) in [5, 5.41) is 33.3. The monoisotopic (exact) mass is 606 g/mol. The third kappa shape index (κ3) is 6.67. The summed E-state index contributed by atoms with van der Waals surface area (Å²) in [5.41, 5.74) is -0.289. The number of urea groups is 1. The number of carbonyl (C=O) groups excluding carboxylic acids is 4. The van der Waals surface area contributed by atoms with Crippen LogP contribution in [0.25, 0.3) is 0 Å². The van der Waals surface area contributed by atoms with Crippen molar-refractivity contribution in [3.63, 3.8) is 0 Å². The van der Waals surface area contributed by atoms with Crippen LogP contribution in [0, 0.1) is 0 Å². The summed E-state index contributed by atoms with van der Waals surface area (Å²) in [7, 11) is 0. The van der Waals surface area contributed by atoms with Crippen molar-refractivity contribution in [2.45, 2.75) is 37.5 Å². The number of phenolic OH excluding ortho intramolecular Hbond substituents is 1. The van der Waals surface area contributed by atoms with Crippen LogP contribution in [0.1, 0.15) is 38.9 Å². The maximum atomic E-state index is 13.8. The van der Waals surface area contributed by atoms with E-state index in [9.17, 15) is 44.1 Å². The van der Waals surface area contributed by atoms with Gasteiger partial charge in [-0.1, -0.05) is 72.8 Å². The molecule has 1 saturated heterocycles. The molecule has 13 heteroatoms. The molecule has 1 heterocycles. The number of aromatic hydroxyl groups is 1. The Hall–Kier alpha value is -5.72. The molecule has 4 rings (SSSR count). The molecule has 232 valence electrons. The van der Waals surface area contributed by atoms with Gasteiger partial charge >= 0.3 is 18.0 Å². The van der Waals surface area contributed by atoms with Gasteiger partial charge in [-0.05, 0) is 35.7 Å². The molecule has 1 unspecified atom stereocenters. The summed E-state index contributed by atoms with van der Waals surface area (Å²) < 4.78 is 0. The van der Waals surface area contributed by atoms with E-state index in [4.69, 9.17) is 0 Å². The number of carboxylic acid groups (broad SMARTS) is 2. The first-order valence-corrected chi connectivity index (χ1v) is 13.5. The van der Waals surface area contributed by atoms with Crippen LogP contribution in [0.4, 0.5) is 4.79 Å². The number of aliphatic carboxylic acids is 2. The summed E-state index contributed by atoms with van der Waals surface area (Å²) in [5.74, 6) is -5.79. The standard InChI is InChI=1S/C31H30N4O9.2H2/c1-31(21-12-14-22(36)15-13-21)29(43)34(30(44)35(31)17-19-8-4-2-5-9-19)18-24(37)32-23(16-25(38)39)27(40)33-26(28(41)42)20-10-6-3-7-11-20;;/h2-15,23,26,36H,16-18H2,1H3,(H,32,37)(H,33,40)(H,38,39)(H,41,42);2*1H/t23-,26-,31?;;/m0../s1. The Labute approximate surface area is 254 Å². The van der Waals surface area contributed by atoms with Crippen molar-refractivity contribution in [2.24, 2.45) is 0 Å². The lowest BCUT2D eigenvalue weighted by atomic mass is 9.90. The van der Waals surface area contributed by atoms with Crippen molar-refractivity contribution in [1.29, 1.82) is 0 Å². The number of nitrogens with one attached hydrogen (secondary N) is 2. The van der Waals surface area contributed by atoms with E-state index in [2.05, 4.69) is 10.6 Å². The van der Waals surface area contributed by atoms with Gasteiger partial charge in [0, 0.05) is 9.40 Å². The van der Waals surface area contributed by atoms with E-state index in [0.29, 0.717) is 16.0 Å². The summed E-state index contributed by atoms with van der Waals surface area (Å²) in [6, 6.07) is 18.2. The number of hydrogen-bond donors (Lipinski definition) is 5. The maximum absolute atomic E-state index is 13.8.